The molecule has 6 heteroatoms. The van der Waals surface area contributed by atoms with Gasteiger partial charge in [0, 0.05) is 48.2 Å². The average molecular weight is 393 g/mol. The molecule has 0 bridgehead atoms. The van der Waals surface area contributed by atoms with Crippen LogP contribution in [-0.4, -0.2) is 47.8 Å². The number of nitrogens with one attached hydrogen (secondary N) is 2. The van der Waals surface area contributed by atoms with Crippen LogP contribution in [0.15, 0.2) is 42.5 Å². The van der Waals surface area contributed by atoms with Crippen LogP contribution in [-0.2, 0) is 25.9 Å². The molecule has 1 aromatic heterocycles. The van der Waals surface area contributed by atoms with Crippen LogP contribution in [0.1, 0.15) is 32.7 Å². The first kappa shape index (κ1) is 19.6. The number of hydroxylamine groups is 1. The van der Waals surface area contributed by atoms with E-state index >= 15 is 0 Å². The molecular weight excluding hydrogens is 364 g/mol. The third-order valence-corrected chi connectivity index (χ3v) is 5.83. The van der Waals surface area contributed by atoms with E-state index in [0.29, 0.717) is 5.56 Å². The summed E-state index contributed by atoms with van der Waals surface area (Å²) < 4.78 is 2.43. The van der Waals surface area contributed by atoms with Crippen LogP contribution in [0, 0.1) is 0 Å². The Kier molecular flexibility index (Phi) is 5.67. The quantitative estimate of drug-likeness (QED) is 0.445. The van der Waals surface area contributed by atoms with Gasteiger partial charge in [0.25, 0.3) is 5.91 Å². The predicted molar refractivity (Wildman–Crippen MR) is 114 cm³/mol. The Morgan fingerprint density at radius 2 is 1.90 bits per heavy atom. The highest BCUT2D eigenvalue weighted by atomic mass is 16.5. The maximum absolute atomic E-state index is 11.6. The zero-order chi connectivity index (χ0) is 20.4. The first-order valence-corrected chi connectivity index (χ1v) is 10.1. The molecule has 3 N–H and O–H groups in total. The number of fused-ring (bicyclic) bond motifs is 3. The summed E-state index contributed by atoms with van der Waals surface area (Å²) >= 11 is 0. The standard InChI is InChI=1S/C23H28N4O2/c1-24-11-9-16-5-8-21-19(13-16)20-15-26(2)12-10-22(20)27(21)14-17-3-6-18(7-4-17)23(28)25-29/h3-8,13,24,29H,9-12,14-15H2,1-2H3,(H,25,28). The smallest absolute Gasteiger partial charge is 0.274 e. The highest BCUT2D eigenvalue weighted by molar-refractivity contribution is 5.93. The van der Waals surface area contributed by atoms with Crippen LogP contribution in [0.5, 0.6) is 0 Å². The van der Waals surface area contributed by atoms with Crippen molar-refractivity contribution in [3.05, 3.63) is 70.4 Å². The molecular formula is C23H28N4O2. The second-order valence-corrected chi connectivity index (χ2v) is 7.84. The van der Waals surface area contributed by atoms with Gasteiger partial charge in [-0.1, -0.05) is 18.2 Å². The van der Waals surface area contributed by atoms with E-state index in [1.807, 2.05) is 19.2 Å². The lowest BCUT2D eigenvalue weighted by Crippen LogP contribution is -2.27. The monoisotopic (exact) mass is 392 g/mol. The number of carbonyl (C=O) groups excluding carboxylic acids is 1. The maximum atomic E-state index is 11.6. The number of amides is 1. The summed E-state index contributed by atoms with van der Waals surface area (Å²) in [5.74, 6) is -0.488. The highest BCUT2D eigenvalue weighted by Crippen LogP contribution is 2.32. The topological polar surface area (TPSA) is 69.5 Å². The van der Waals surface area contributed by atoms with E-state index in [9.17, 15) is 4.79 Å². The molecule has 0 aliphatic carbocycles. The van der Waals surface area contributed by atoms with Crippen LogP contribution in [0.3, 0.4) is 0 Å². The Balaban J connectivity index is 1.72. The lowest BCUT2D eigenvalue weighted by Gasteiger charge is -2.24. The van der Waals surface area contributed by atoms with E-state index < -0.39 is 5.91 Å². The molecule has 6 nitrogen and oxygen atoms in total. The van der Waals surface area contributed by atoms with Crippen molar-refractivity contribution in [1.82, 2.24) is 20.3 Å². The summed E-state index contributed by atoms with van der Waals surface area (Å²) in [6, 6.07) is 14.3. The maximum Gasteiger partial charge on any atom is 0.274 e. The van der Waals surface area contributed by atoms with Crippen LogP contribution in [0.2, 0.25) is 0 Å². The van der Waals surface area contributed by atoms with Gasteiger partial charge in [-0.05, 0) is 68.0 Å². The van der Waals surface area contributed by atoms with Crippen molar-refractivity contribution in [2.24, 2.45) is 0 Å². The fourth-order valence-corrected chi connectivity index (χ4v) is 4.25. The number of benzene rings is 2. The lowest BCUT2D eigenvalue weighted by molar-refractivity contribution is 0.0706. The third kappa shape index (κ3) is 3.92. The molecule has 0 fully saturated rings. The van der Waals surface area contributed by atoms with E-state index in [0.717, 1.165) is 44.6 Å². The Hall–Kier alpha value is -2.67. The zero-order valence-electron chi connectivity index (χ0n) is 17.0. The van der Waals surface area contributed by atoms with Crippen molar-refractivity contribution < 1.29 is 10.0 Å². The number of hydrogen-bond acceptors (Lipinski definition) is 4. The fraction of sp³-hybridized carbons (Fsp3) is 0.348. The van der Waals surface area contributed by atoms with Crippen molar-refractivity contribution in [3.8, 4) is 0 Å². The predicted octanol–water partition coefficient (Wildman–Crippen LogP) is 2.56. The third-order valence-electron chi connectivity index (χ3n) is 5.83. The average Bonchev–Trinajstić information content (AvgIpc) is 3.04. The van der Waals surface area contributed by atoms with Gasteiger partial charge in [-0.3, -0.25) is 10.0 Å². The summed E-state index contributed by atoms with van der Waals surface area (Å²) in [5, 5.41) is 13.4. The van der Waals surface area contributed by atoms with Crippen LogP contribution in [0.4, 0.5) is 0 Å². The molecule has 0 unspecified atom stereocenters. The van der Waals surface area contributed by atoms with E-state index in [1.54, 1.807) is 17.6 Å². The number of aromatic nitrogens is 1. The number of hydrogen-bond donors (Lipinski definition) is 3. The molecule has 1 amide bonds. The Bertz CT molecular complexity index is 1020. The lowest BCUT2D eigenvalue weighted by atomic mass is 10.0. The molecule has 0 atom stereocenters. The first-order chi connectivity index (χ1) is 14.1. The van der Waals surface area contributed by atoms with Crippen molar-refractivity contribution in [2.75, 3.05) is 27.2 Å². The van der Waals surface area contributed by atoms with E-state index in [4.69, 9.17) is 5.21 Å². The van der Waals surface area contributed by atoms with Crippen molar-refractivity contribution in [2.45, 2.75) is 25.9 Å². The van der Waals surface area contributed by atoms with E-state index in [1.165, 1.54) is 27.7 Å². The zero-order valence-corrected chi connectivity index (χ0v) is 17.0. The van der Waals surface area contributed by atoms with Crippen molar-refractivity contribution in [3.63, 3.8) is 0 Å². The minimum Gasteiger partial charge on any atom is -0.340 e. The van der Waals surface area contributed by atoms with Gasteiger partial charge in [0.1, 0.15) is 0 Å². The summed E-state index contributed by atoms with van der Waals surface area (Å²) in [5.41, 5.74) is 8.76. The van der Waals surface area contributed by atoms with E-state index in [-0.39, 0.29) is 0 Å². The molecule has 29 heavy (non-hydrogen) atoms. The summed E-state index contributed by atoms with van der Waals surface area (Å²) in [4.78, 5) is 14.0. The van der Waals surface area contributed by atoms with Crippen LogP contribution < -0.4 is 10.8 Å². The Morgan fingerprint density at radius 3 is 2.62 bits per heavy atom. The van der Waals surface area contributed by atoms with Gasteiger partial charge in [-0.15, -0.1) is 0 Å². The van der Waals surface area contributed by atoms with Crippen LogP contribution >= 0.6 is 0 Å². The first-order valence-electron chi connectivity index (χ1n) is 10.1. The molecule has 0 radical (unpaired) electrons. The second kappa shape index (κ2) is 8.37. The minimum absolute atomic E-state index is 0.450. The minimum atomic E-state index is -0.488. The molecule has 3 aromatic rings. The largest absolute Gasteiger partial charge is 0.340 e. The number of nitrogens with zero attached hydrogens (tertiary/aromatic N) is 2. The number of rotatable bonds is 6. The molecule has 0 saturated heterocycles. The summed E-state index contributed by atoms with van der Waals surface area (Å²) in [6.45, 7) is 3.78. The number of likely N-dealkylation sites (N-methyl/N-ethyl adjacent to an activating group) is 2. The van der Waals surface area contributed by atoms with E-state index in [2.05, 4.69) is 40.0 Å². The molecule has 152 valence electrons. The number of carbonyl (C=O) groups is 1. The Labute approximate surface area is 171 Å². The summed E-state index contributed by atoms with van der Waals surface area (Å²) in [7, 11) is 4.17. The highest BCUT2D eigenvalue weighted by Gasteiger charge is 2.22. The van der Waals surface area contributed by atoms with Gasteiger partial charge in [-0.25, -0.2) is 5.48 Å². The molecule has 4 rings (SSSR count). The van der Waals surface area contributed by atoms with Gasteiger partial charge < -0.3 is 14.8 Å². The fourth-order valence-electron chi connectivity index (χ4n) is 4.25. The SMILES string of the molecule is CNCCc1ccc2c(c1)c1c(n2Cc2ccc(C(=O)NO)cc2)CCN(C)C1. The van der Waals surface area contributed by atoms with Crippen molar-refractivity contribution >= 4 is 16.8 Å². The van der Waals surface area contributed by atoms with Gasteiger partial charge in [-0.2, -0.15) is 0 Å². The van der Waals surface area contributed by atoms with Gasteiger partial charge >= 0.3 is 0 Å². The van der Waals surface area contributed by atoms with Gasteiger partial charge in [0.2, 0.25) is 0 Å². The van der Waals surface area contributed by atoms with Gasteiger partial charge in [0.05, 0.1) is 0 Å². The molecule has 1 aliphatic heterocycles. The molecule has 0 saturated carbocycles. The molecule has 1 aliphatic rings. The normalized spacial score (nSPS) is 14.2. The Morgan fingerprint density at radius 1 is 1.14 bits per heavy atom. The molecule has 2 heterocycles. The molecule has 2 aromatic carbocycles. The summed E-state index contributed by atoms with van der Waals surface area (Å²) in [6.07, 6.45) is 2.06. The second-order valence-electron chi connectivity index (χ2n) is 7.84. The molecule has 0 spiro atoms. The van der Waals surface area contributed by atoms with Gasteiger partial charge in [0.15, 0.2) is 0 Å². The van der Waals surface area contributed by atoms with Crippen LogP contribution in [0.25, 0.3) is 10.9 Å². The van der Waals surface area contributed by atoms with Crippen molar-refractivity contribution in [1.29, 1.82) is 0 Å².